The van der Waals surface area contributed by atoms with E-state index in [1.807, 2.05) is 0 Å². The molecule has 0 radical (unpaired) electrons. The molecule has 0 aliphatic carbocycles. The van der Waals surface area contributed by atoms with Gasteiger partial charge in [0.1, 0.15) is 18.4 Å². The number of halogens is 1. The quantitative estimate of drug-likeness (QED) is 0.224. The zero-order chi connectivity index (χ0) is 31.6. The van der Waals surface area contributed by atoms with Gasteiger partial charge < -0.3 is 18.4 Å². The van der Waals surface area contributed by atoms with E-state index in [9.17, 15) is 9.36 Å². The molecule has 0 bridgehead atoms. The van der Waals surface area contributed by atoms with E-state index >= 15 is 0 Å². The number of nitriles is 1. The Morgan fingerprint density at radius 2 is 2.00 bits per heavy atom. The third-order valence-electron chi connectivity index (χ3n) is 7.46. The van der Waals surface area contributed by atoms with Crippen molar-refractivity contribution in [1.29, 1.82) is 5.26 Å². The molecule has 3 rings (SSSR count). The lowest BCUT2D eigenvalue weighted by molar-refractivity contribution is -0.118. The highest BCUT2D eigenvalue weighted by atomic mass is 35.7. The van der Waals surface area contributed by atoms with Crippen LogP contribution in [0.4, 0.5) is 5.95 Å². The Hall–Kier alpha value is -2.11. The molecule has 1 saturated heterocycles. The van der Waals surface area contributed by atoms with Gasteiger partial charge in [-0.25, -0.2) is 9.65 Å². The molecule has 0 unspecified atom stereocenters. The van der Waals surface area contributed by atoms with Gasteiger partial charge >= 0.3 is 6.87 Å². The molecule has 0 spiro atoms. The first-order valence-electron chi connectivity index (χ1n) is 13.9. The molecule has 5 atom stereocenters. The summed E-state index contributed by atoms with van der Waals surface area (Å²) >= 11 is 6.15. The standard InChI is InChI=1S/C26H43ClN7O6PSi/c1-16(2)23(35)31-25-30-22-21(24(32-25)38-17(3)11-12-28)29-15-34(22)20-13-18(40-42(9,10)26(4,5)6)19(39-20)14-37-41(27,36)33(7)8/h15-20H,11,13-14H2,1-10H3,(H,30,31,32,35)/t17-,18+,19-,20-,41-/m1/s1. The Morgan fingerprint density at radius 3 is 2.57 bits per heavy atom. The van der Waals surface area contributed by atoms with Crippen molar-refractivity contribution in [3.8, 4) is 11.9 Å². The first-order chi connectivity index (χ1) is 19.4. The van der Waals surface area contributed by atoms with E-state index in [0.29, 0.717) is 17.6 Å². The van der Waals surface area contributed by atoms with Crippen LogP contribution in [0.15, 0.2) is 6.33 Å². The molecule has 2 aromatic heterocycles. The molecule has 16 heteroatoms. The van der Waals surface area contributed by atoms with Crippen LogP contribution in [-0.4, -0.2) is 77.4 Å². The van der Waals surface area contributed by atoms with Crippen LogP contribution in [0.25, 0.3) is 11.2 Å². The number of carbonyl (C=O) groups is 1. The van der Waals surface area contributed by atoms with Gasteiger partial charge in [0.15, 0.2) is 19.5 Å². The summed E-state index contributed by atoms with van der Waals surface area (Å²) in [6.07, 6.45) is 0.110. The second kappa shape index (κ2) is 13.3. The third-order valence-corrected chi connectivity index (χ3v) is 14.6. The normalized spacial score (nSPS) is 21.9. The van der Waals surface area contributed by atoms with Gasteiger partial charge in [0.05, 0.1) is 31.5 Å². The summed E-state index contributed by atoms with van der Waals surface area (Å²) in [5, 5.41) is 11.8. The van der Waals surface area contributed by atoms with Crippen LogP contribution in [0.2, 0.25) is 18.1 Å². The fraction of sp³-hybridized carbons (Fsp3) is 0.731. The van der Waals surface area contributed by atoms with E-state index in [1.54, 1.807) is 45.8 Å². The predicted molar refractivity (Wildman–Crippen MR) is 163 cm³/mol. The Morgan fingerprint density at radius 1 is 1.33 bits per heavy atom. The third kappa shape index (κ3) is 8.08. The van der Waals surface area contributed by atoms with Crippen molar-refractivity contribution in [2.45, 2.75) is 97.1 Å². The minimum Gasteiger partial charge on any atom is -0.472 e. The predicted octanol–water partition coefficient (Wildman–Crippen LogP) is 5.70. The van der Waals surface area contributed by atoms with Crippen molar-refractivity contribution in [2.24, 2.45) is 5.92 Å². The number of amides is 1. The number of carbonyl (C=O) groups excluding carboxylic acids is 1. The smallest absolute Gasteiger partial charge is 0.362 e. The Kier molecular flexibility index (Phi) is 10.9. The lowest BCUT2D eigenvalue weighted by Gasteiger charge is -2.39. The summed E-state index contributed by atoms with van der Waals surface area (Å²) in [5.41, 5.74) is 0.725. The monoisotopic (exact) mass is 643 g/mol. The van der Waals surface area contributed by atoms with Gasteiger partial charge in [-0.05, 0) is 50.4 Å². The minimum absolute atomic E-state index is 0.0446. The van der Waals surface area contributed by atoms with Crippen molar-refractivity contribution < 1.29 is 27.8 Å². The molecular formula is C26H43ClN7O6PSi. The molecular weight excluding hydrogens is 601 g/mol. The summed E-state index contributed by atoms with van der Waals surface area (Å²) in [5.74, 6) is -0.381. The average Bonchev–Trinajstić information content (AvgIpc) is 3.45. The maximum absolute atomic E-state index is 12.7. The summed E-state index contributed by atoms with van der Waals surface area (Å²) in [7, 11) is 0.924. The van der Waals surface area contributed by atoms with Crippen LogP contribution in [-0.2, 0) is 23.0 Å². The van der Waals surface area contributed by atoms with Gasteiger partial charge in [0, 0.05) is 12.3 Å². The Balaban J connectivity index is 2.02. The van der Waals surface area contributed by atoms with E-state index in [-0.39, 0.29) is 47.8 Å². The van der Waals surface area contributed by atoms with Gasteiger partial charge in [-0.1, -0.05) is 34.6 Å². The highest BCUT2D eigenvalue weighted by molar-refractivity contribution is 7.83. The molecule has 234 valence electrons. The van der Waals surface area contributed by atoms with Crippen LogP contribution in [0.1, 0.15) is 60.6 Å². The van der Waals surface area contributed by atoms with Crippen molar-refractivity contribution >= 4 is 49.4 Å². The highest BCUT2D eigenvalue weighted by Gasteiger charge is 2.46. The first kappa shape index (κ1) is 34.4. The van der Waals surface area contributed by atoms with Gasteiger partial charge in [-0.15, -0.1) is 0 Å². The van der Waals surface area contributed by atoms with Crippen LogP contribution < -0.4 is 10.1 Å². The lowest BCUT2D eigenvalue weighted by Crippen LogP contribution is -2.46. The molecule has 1 aliphatic rings. The van der Waals surface area contributed by atoms with Gasteiger partial charge in [-0.2, -0.15) is 15.2 Å². The fourth-order valence-corrected chi connectivity index (χ4v) is 5.93. The van der Waals surface area contributed by atoms with Gasteiger partial charge in [0.25, 0.3) is 0 Å². The van der Waals surface area contributed by atoms with Crippen molar-refractivity contribution in [1.82, 2.24) is 24.2 Å². The fourth-order valence-electron chi connectivity index (χ4n) is 3.84. The molecule has 0 aromatic carbocycles. The van der Waals surface area contributed by atoms with E-state index < -0.39 is 33.6 Å². The summed E-state index contributed by atoms with van der Waals surface area (Å²) in [6.45, 7) is 12.4. The number of nitrogens with one attached hydrogen (secondary N) is 1. The van der Waals surface area contributed by atoms with Gasteiger partial charge in [0.2, 0.25) is 17.7 Å². The van der Waals surface area contributed by atoms with Crippen LogP contribution in [0.5, 0.6) is 5.88 Å². The lowest BCUT2D eigenvalue weighted by atomic mass is 10.2. The molecule has 1 amide bonds. The summed E-state index contributed by atoms with van der Waals surface area (Å²) < 4.78 is 40.6. The molecule has 1 fully saturated rings. The SMILES string of the molecule is CC(C)C(=O)Nc1nc(O[C@H](C)CC#N)c2ncn([C@H]3C[C@H](O[Si](C)(C)C(C)(C)C)[C@@H](CO[P@](=O)(Cl)N(C)C)O3)c2n1. The number of fused-ring (bicyclic) bond motifs is 1. The number of anilines is 1. The number of nitrogens with zero attached hydrogens (tertiary/aromatic N) is 6. The second-order valence-electron chi connectivity index (χ2n) is 12.5. The number of hydrogen-bond donors (Lipinski definition) is 1. The second-order valence-corrected chi connectivity index (χ2v) is 20.5. The number of ether oxygens (including phenoxy) is 2. The molecule has 42 heavy (non-hydrogen) atoms. The van der Waals surface area contributed by atoms with Crippen LogP contribution in [0.3, 0.4) is 0 Å². The molecule has 13 nitrogen and oxygen atoms in total. The zero-order valence-corrected chi connectivity index (χ0v) is 28.7. The van der Waals surface area contributed by atoms with E-state index in [4.69, 9.17) is 34.9 Å². The van der Waals surface area contributed by atoms with Crippen LogP contribution >= 0.6 is 18.1 Å². The van der Waals surface area contributed by atoms with Crippen LogP contribution in [0, 0.1) is 17.2 Å². The number of imidazole rings is 1. The van der Waals surface area contributed by atoms with E-state index in [1.165, 1.54) is 4.67 Å². The summed E-state index contributed by atoms with van der Waals surface area (Å²) in [6, 6.07) is 2.08. The molecule has 0 saturated carbocycles. The van der Waals surface area contributed by atoms with E-state index in [2.05, 4.69) is 60.2 Å². The zero-order valence-electron chi connectivity index (χ0n) is 26.0. The largest absolute Gasteiger partial charge is 0.472 e. The molecule has 1 aliphatic heterocycles. The Bertz CT molecular complexity index is 1360. The van der Waals surface area contributed by atoms with Crippen molar-refractivity contribution in [3.63, 3.8) is 0 Å². The summed E-state index contributed by atoms with van der Waals surface area (Å²) in [4.78, 5) is 26.0. The Labute approximate surface area is 253 Å². The highest BCUT2D eigenvalue weighted by Crippen LogP contribution is 2.54. The minimum atomic E-state index is -3.54. The molecule has 1 N–H and O–H groups in total. The number of rotatable bonds is 12. The maximum Gasteiger partial charge on any atom is 0.362 e. The molecule has 3 heterocycles. The number of hydrogen-bond acceptors (Lipinski definition) is 10. The van der Waals surface area contributed by atoms with E-state index in [0.717, 1.165) is 0 Å². The maximum atomic E-state index is 12.7. The average molecular weight is 644 g/mol. The molecule has 2 aromatic rings. The van der Waals surface area contributed by atoms with Crippen molar-refractivity contribution in [2.75, 3.05) is 26.0 Å². The first-order valence-corrected chi connectivity index (χ1v) is 19.3. The van der Waals surface area contributed by atoms with Gasteiger partial charge in [-0.3, -0.25) is 19.2 Å². The topological polar surface area (TPSA) is 154 Å². The van der Waals surface area contributed by atoms with Crippen molar-refractivity contribution in [3.05, 3.63) is 6.33 Å². The number of aromatic nitrogens is 4.